The lowest BCUT2D eigenvalue weighted by Crippen LogP contribution is -2.36. The van der Waals surface area contributed by atoms with Crippen LogP contribution in [0.15, 0.2) is 325 Å². The summed E-state index contributed by atoms with van der Waals surface area (Å²) in [5, 5.41) is 23.1. The zero-order valence-corrected chi connectivity index (χ0v) is 67.5. The monoisotopic (exact) mass is 1550 g/mol. The van der Waals surface area contributed by atoms with Crippen LogP contribution in [0, 0.1) is 27.7 Å². The van der Waals surface area contributed by atoms with E-state index in [1.54, 1.807) is 36.6 Å². The predicted molar refractivity (Wildman–Crippen MR) is 429 cm³/mol. The number of aromatic nitrogens is 22. The molecule has 19 aromatic rings. The molecule has 116 heavy (non-hydrogen) atoms. The van der Waals surface area contributed by atoms with Crippen molar-refractivity contribution in [2.75, 3.05) is 0 Å². The van der Waals surface area contributed by atoms with Crippen LogP contribution in [0.2, 0.25) is 0 Å². The van der Waals surface area contributed by atoms with Crippen molar-refractivity contribution in [1.29, 1.82) is 0 Å². The minimum absolute atomic E-state index is 0.336. The molecule has 0 amide bonds. The summed E-state index contributed by atoms with van der Waals surface area (Å²) in [4.78, 5) is 0. The molecule has 0 aliphatic carbocycles. The van der Waals surface area contributed by atoms with Gasteiger partial charge in [0.2, 0.25) is 31.6 Å². The van der Waals surface area contributed by atoms with E-state index in [1.807, 2.05) is 159 Å². The topological polar surface area (TPSA) is 200 Å². The predicted octanol–water partition coefficient (Wildman–Crippen LogP) is 10.5. The van der Waals surface area contributed by atoms with Gasteiger partial charge in [0.25, 0.3) is 6.33 Å². The number of benzene rings is 9. The molecule has 0 unspecified atom stereocenters. The van der Waals surface area contributed by atoms with E-state index in [9.17, 15) is 0 Å². The van der Waals surface area contributed by atoms with E-state index in [0.717, 1.165) is 85.7 Å². The molecule has 19 rings (SSSR count). The molecule has 578 valence electrons. The second-order valence-electron chi connectivity index (χ2n) is 29.3. The normalized spacial score (nSPS) is 11.2. The highest BCUT2D eigenvalue weighted by Crippen LogP contribution is 2.41. The van der Waals surface area contributed by atoms with Crippen molar-refractivity contribution in [3.8, 4) is 79.1 Å². The van der Waals surface area contributed by atoms with Crippen LogP contribution in [0.25, 0.3) is 101 Å². The van der Waals surface area contributed by atoms with E-state index in [0.29, 0.717) is 11.8 Å². The Labute approximate surface area is 671 Å². The molecule has 1 N–H and O–H groups in total. The SMILES string of the molecule is C[n+]1ccn(-c2cccc(-n3cc[n+](C)c3)c2)c1.C[n+]1cn(-c2cccc(-n3c[n+](C)c4ccccc43)c2)c2ccccc21.Cc1noc[n+]1-c1cc(-c2c(C(C)C)cc(-c3ccccc3)cc2C(C)C)cc(-[n+]2conc2C)c1.Cc1noc[n+]1-c1cccc(-[n+]2conc2C)c1.Cn1c[n+](-c2cccc(-[n+]3c[nH][n+](C)c3)c2)cn1. The first-order chi connectivity index (χ1) is 56.2. The van der Waals surface area contributed by atoms with Crippen molar-refractivity contribution in [2.24, 2.45) is 42.3 Å². The molecule has 10 aromatic heterocycles. The molecule has 0 fully saturated rings. The van der Waals surface area contributed by atoms with E-state index < -0.39 is 0 Å². The quantitative estimate of drug-likeness (QED) is 0.103. The fourth-order valence-electron chi connectivity index (χ4n) is 14.2. The number of hydrogen-bond acceptors (Lipinski definition) is 9. The van der Waals surface area contributed by atoms with Crippen LogP contribution in [0.1, 0.15) is 74.0 Å². The second kappa shape index (κ2) is 33.6. The van der Waals surface area contributed by atoms with E-state index in [-0.39, 0.29) is 0 Å². The average molecular weight is 1550 g/mol. The Bertz CT molecular complexity index is 6140. The number of aryl methyl sites for hydroxylation is 10. The lowest BCUT2D eigenvalue weighted by atomic mass is 9.82. The van der Waals surface area contributed by atoms with E-state index in [4.69, 9.17) is 18.1 Å². The number of imidazole rings is 4. The number of rotatable bonds is 14. The third-order valence-corrected chi connectivity index (χ3v) is 20.2. The summed E-state index contributed by atoms with van der Waals surface area (Å²) in [7, 11) is 12.1. The number of nitrogens with zero attached hydrogens (tertiary/aromatic N) is 21. The van der Waals surface area contributed by atoms with Crippen molar-refractivity contribution in [1.82, 2.24) is 53.8 Å². The van der Waals surface area contributed by atoms with Gasteiger partial charge in [-0.3, -0.25) is 0 Å². The Morgan fingerprint density at radius 1 is 0.379 bits per heavy atom. The Hall–Kier alpha value is -14.8. The summed E-state index contributed by atoms with van der Waals surface area (Å²) in [6.45, 7) is 16.7. The van der Waals surface area contributed by atoms with Gasteiger partial charge in [-0.2, -0.15) is 27.4 Å². The molecule has 0 atom stereocenters. The zero-order chi connectivity index (χ0) is 80.7. The van der Waals surface area contributed by atoms with Gasteiger partial charge in [-0.1, -0.05) is 119 Å². The number of fused-ring (bicyclic) bond motifs is 2. The Balaban J connectivity index is 0.000000117. The highest BCUT2D eigenvalue weighted by molar-refractivity contribution is 5.80. The van der Waals surface area contributed by atoms with Crippen LogP contribution in [0.4, 0.5) is 0 Å². The summed E-state index contributed by atoms with van der Waals surface area (Å²) >= 11 is 0. The molecule has 9 aromatic carbocycles. The third-order valence-electron chi connectivity index (χ3n) is 20.2. The molecule has 0 radical (unpaired) electrons. The summed E-state index contributed by atoms with van der Waals surface area (Å²) in [6.07, 6.45) is 30.6. The van der Waals surface area contributed by atoms with Crippen molar-refractivity contribution >= 4 is 22.1 Å². The number of aromatic amines is 1. The number of nitrogens with one attached hydrogen (secondary N) is 1. The van der Waals surface area contributed by atoms with Crippen molar-refractivity contribution in [3.63, 3.8) is 0 Å². The van der Waals surface area contributed by atoms with Crippen molar-refractivity contribution in [3.05, 3.63) is 342 Å². The summed E-state index contributed by atoms with van der Waals surface area (Å²) < 4.78 is 52.8. The first-order valence-corrected chi connectivity index (χ1v) is 38.2. The van der Waals surface area contributed by atoms with Gasteiger partial charge in [-0.15, -0.1) is 9.25 Å². The summed E-state index contributed by atoms with van der Waals surface area (Å²) in [6, 6.07) is 72.1. The van der Waals surface area contributed by atoms with Gasteiger partial charge in [-0.05, 0) is 140 Å². The minimum Gasteiger partial charge on any atom is -0.239 e. The van der Waals surface area contributed by atoms with E-state index in [1.165, 1.54) is 49.9 Å². The minimum atomic E-state index is 0.336. The number of para-hydroxylation sites is 4. The first-order valence-electron chi connectivity index (χ1n) is 38.2. The third kappa shape index (κ3) is 16.7. The van der Waals surface area contributed by atoms with Gasteiger partial charge in [0.05, 0.1) is 35.2 Å². The molecule has 0 saturated carbocycles. The lowest BCUT2D eigenvalue weighted by Gasteiger charge is -2.22. The van der Waals surface area contributed by atoms with Gasteiger partial charge < -0.3 is 0 Å². The smallest absolute Gasteiger partial charge is 0.239 e. The fourth-order valence-corrected chi connectivity index (χ4v) is 14.2. The highest BCUT2D eigenvalue weighted by Gasteiger charge is 2.27. The lowest BCUT2D eigenvalue weighted by molar-refractivity contribution is -0.774. The van der Waals surface area contributed by atoms with Crippen LogP contribution < -0.4 is 50.4 Å². The van der Waals surface area contributed by atoms with E-state index >= 15 is 0 Å². The largest absolute Gasteiger partial charge is 0.350 e. The molecule has 0 aliphatic rings. The molecule has 0 bridgehead atoms. The first kappa shape index (κ1) is 76.5. The van der Waals surface area contributed by atoms with Gasteiger partial charge >= 0.3 is 61.5 Å². The molecule has 0 saturated heterocycles. The highest BCUT2D eigenvalue weighted by atomic mass is 16.5. The van der Waals surface area contributed by atoms with Crippen molar-refractivity contribution < 1.29 is 68.4 Å². The van der Waals surface area contributed by atoms with Gasteiger partial charge in [0, 0.05) is 63.1 Å². The molecule has 0 spiro atoms. The van der Waals surface area contributed by atoms with Crippen molar-refractivity contribution in [2.45, 2.75) is 67.2 Å². The second-order valence-corrected chi connectivity index (χ2v) is 29.3. The van der Waals surface area contributed by atoms with Gasteiger partial charge in [0.15, 0.2) is 48.4 Å². The maximum absolute atomic E-state index is 5.26. The Morgan fingerprint density at radius 3 is 1.22 bits per heavy atom. The van der Waals surface area contributed by atoms with Crippen LogP contribution in [0.3, 0.4) is 0 Å². The Morgan fingerprint density at radius 2 is 0.793 bits per heavy atom. The zero-order valence-electron chi connectivity index (χ0n) is 67.5. The molecule has 26 heteroatoms. The standard InChI is InChI=1S/C30H32N4O2.C22H20N4.C14H16N4.C12H14N6.C12H12N4O2/c1-19(2)28-14-24(23-10-8-7-9-11-23)15-29(20(3)4)30(28)25-12-26(33-17-35-31-21(33)5)16-27(13-25)34-18-36-32-22(34)6;1-23-15-25(21-12-5-3-10-19(21)23)17-8-7-9-18(14-17)26-16-24(2)20-11-4-6-13-22(20)26;1-15-6-8-17(11-15)13-4-3-5-14(10-13)18-9-7-16(2)12-18;1-15-9-17(7-13-15)11-4-3-5-12(6-11)18-8-14-16(2)10-18;1-9-13-17-7-15(9)11-4-3-5-12(6-11)16-8-18-14-10(16)2/h7-20H,1-6H3;3-16H,1-2H3;3-12H,1-2H3;3-10H,1-2H3;3-8H,1-2H3/q5*+2/p+1. The Kier molecular flexibility index (Phi) is 22.2. The molecular formula is C90H95N22O4+11. The van der Waals surface area contributed by atoms with Crippen LogP contribution in [-0.4, -0.2) is 53.8 Å². The van der Waals surface area contributed by atoms with Crippen LogP contribution >= 0.6 is 0 Å². The summed E-state index contributed by atoms with van der Waals surface area (Å²) in [5.74, 6) is 3.81. The number of hydrogen-bond donors (Lipinski definition) is 1. The number of H-pyrrole nitrogens is 1. The molecule has 10 heterocycles. The average Bonchev–Trinajstić information content (AvgIpc) is 1.24. The molecule has 0 aliphatic heterocycles. The molecule has 26 nitrogen and oxygen atoms in total. The van der Waals surface area contributed by atoms with Gasteiger partial charge in [0.1, 0.15) is 83.0 Å². The van der Waals surface area contributed by atoms with Crippen LogP contribution in [0.5, 0.6) is 0 Å². The maximum Gasteiger partial charge on any atom is 0.350 e. The van der Waals surface area contributed by atoms with Crippen LogP contribution in [-0.2, 0) is 42.3 Å². The molecular weight excluding hydrogens is 1450 g/mol. The van der Waals surface area contributed by atoms with Gasteiger partial charge in [-0.25, -0.2) is 50.1 Å². The maximum atomic E-state index is 5.26. The van der Waals surface area contributed by atoms with E-state index in [2.05, 4.69) is 314 Å². The summed E-state index contributed by atoms with van der Waals surface area (Å²) in [5.41, 5.74) is 23.0. The fraction of sp³-hybridized carbons (Fsp3) is 0.178.